The highest BCUT2D eigenvalue weighted by molar-refractivity contribution is 6.25. The first-order valence-corrected chi connectivity index (χ1v) is 3.21. The third-order valence-corrected chi connectivity index (χ3v) is 1.69. The lowest BCUT2D eigenvalue weighted by molar-refractivity contribution is -0.155. The smallest absolute Gasteiger partial charge is 0.362 e. The van der Waals surface area contributed by atoms with Crippen LogP contribution in [0.5, 0.6) is 0 Å². The van der Waals surface area contributed by atoms with Crippen molar-refractivity contribution in [1.82, 2.24) is 5.32 Å². The van der Waals surface area contributed by atoms with Gasteiger partial charge in [-0.1, -0.05) is 17.7 Å². The standard InChI is InChI=1S/C6H5ClF3N/c7-5(6(8,9)10)3-1-2-4-11-5/h1-4,11H. The zero-order valence-electron chi connectivity index (χ0n) is 5.32. The van der Waals surface area contributed by atoms with Crippen LogP contribution in [0.4, 0.5) is 13.2 Å². The fraction of sp³-hybridized carbons (Fsp3) is 0.333. The number of hydrogen-bond acceptors (Lipinski definition) is 1. The molecule has 1 atom stereocenters. The molecule has 0 radical (unpaired) electrons. The molecule has 0 bridgehead atoms. The minimum absolute atomic E-state index is 0.856. The Morgan fingerprint density at radius 3 is 2.18 bits per heavy atom. The van der Waals surface area contributed by atoms with Gasteiger partial charge in [-0.05, 0) is 18.4 Å². The lowest BCUT2D eigenvalue weighted by Gasteiger charge is -2.27. The molecule has 1 rings (SSSR count). The maximum Gasteiger partial charge on any atom is 0.429 e. The van der Waals surface area contributed by atoms with Gasteiger partial charge < -0.3 is 5.32 Å². The number of rotatable bonds is 0. The minimum atomic E-state index is -4.48. The first-order valence-electron chi connectivity index (χ1n) is 2.83. The van der Waals surface area contributed by atoms with Crippen molar-refractivity contribution in [3.63, 3.8) is 0 Å². The number of allylic oxidation sites excluding steroid dienone is 2. The summed E-state index contributed by atoms with van der Waals surface area (Å²) in [5.41, 5.74) is 0. The van der Waals surface area contributed by atoms with Crippen LogP contribution in [0.2, 0.25) is 0 Å². The Morgan fingerprint density at radius 1 is 1.27 bits per heavy atom. The predicted molar refractivity (Wildman–Crippen MR) is 36.1 cm³/mol. The van der Waals surface area contributed by atoms with Crippen molar-refractivity contribution in [2.75, 3.05) is 0 Å². The van der Waals surface area contributed by atoms with Crippen molar-refractivity contribution < 1.29 is 13.2 Å². The van der Waals surface area contributed by atoms with Gasteiger partial charge in [-0.2, -0.15) is 13.2 Å². The van der Waals surface area contributed by atoms with Crippen LogP contribution in [0.1, 0.15) is 0 Å². The van der Waals surface area contributed by atoms with Crippen molar-refractivity contribution in [1.29, 1.82) is 0 Å². The summed E-state index contributed by atoms with van der Waals surface area (Å²) in [4.78, 5) is -2.43. The monoisotopic (exact) mass is 183 g/mol. The van der Waals surface area contributed by atoms with Gasteiger partial charge in [0.2, 0.25) is 5.00 Å². The Kier molecular flexibility index (Phi) is 1.88. The Morgan fingerprint density at radius 2 is 1.91 bits per heavy atom. The molecule has 0 aromatic carbocycles. The molecule has 0 aromatic heterocycles. The van der Waals surface area contributed by atoms with E-state index in [-0.39, 0.29) is 0 Å². The number of nitrogens with one attached hydrogen (secondary N) is 1. The molecule has 1 N–H and O–H groups in total. The van der Waals surface area contributed by atoms with Gasteiger partial charge in [0, 0.05) is 0 Å². The second-order valence-electron chi connectivity index (χ2n) is 2.07. The van der Waals surface area contributed by atoms with Gasteiger partial charge in [0.1, 0.15) is 0 Å². The zero-order valence-corrected chi connectivity index (χ0v) is 6.08. The topological polar surface area (TPSA) is 12.0 Å². The van der Waals surface area contributed by atoms with Gasteiger partial charge in [0.05, 0.1) is 0 Å². The van der Waals surface area contributed by atoms with E-state index in [0.29, 0.717) is 0 Å². The van der Waals surface area contributed by atoms with Crippen molar-refractivity contribution in [2.45, 2.75) is 11.2 Å². The summed E-state index contributed by atoms with van der Waals surface area (Å²) in [6, 6.07) is 0. The maximum absolute atomic E-state index is 12.0. The Balaban J connectivity index is 2.84. The zero-order chi connectivity index (χ0) is 8.54. The number of hydrogen-bond donors (Lipinski definition) is 1. The SMILES string of the molecule is FC(F)(F)C1(Cl)C=CC=CN1. The van der Waals surface area contributed by atoms with Crippen LogP contribution in [-0.2, 0) is 0 Å². The van der Waals surface area contributed by atoms with Gasteiger partial charge >= 0.3 is 6.18 Å². The first-order chi connectivity index (χ1) is 4.96. The lowest BCUT2D eigenvalue weighted by atomic mass is 10.2. The second-order valence-corrected chi connectivity index (χ2v) is 2.67. The quantitative estimate of drug-likeness (QED) is 0.448. The molecule has 0 spiro atoms. The Bertz CT molecular complexity index is 208. The molecule has 0 fully saturated rings. The molecule has 5 heteroatoms. The highest BCUT2D eigenvalue weighted by Gasteiger charge is 2.52. The summed E-state index contributed by atoms with van der Waals surface area (Å²) >= 11 is 5.18. The summed E-state index contributed by atoms with van der Waals surface area (Å²) in [6.07, 6.45) is 0.216. The van der Waals surface area contributed by atoms with Gasteiger partial charge in [0.15, 0.2) is 0 Å². The average molecular weight is 184 g/mol. The molecule has 62 valence electrons. The van der Waals surface area contributed by atoms with Crippen LogP contribution in [0.15, 0.2) is 24.4 Å². The van der Waals surface area contributed by atoms with Crippen LogP contribution in [0.25, 0.3) is 0 Å². The number of halogens is 4. The van der Waals surface area contributed by atoms with E-state index in [4.69, 9.17) is 11.6 Å². The van der Waals surface area contributed by atoms with E-state index in [1.54, 1.807) is 0 Å². The third-order valence-electron chi connectivity index (χ3n) is 1.24. The van der Waals surface area contributed by atoms with Crippen molar-refractivity contribution in [2.24, 2.45) is 0 Å². The predicted octanol–water partition coefficient (Wildman–Crippen LogP) is 2.16. The van der Waals surface area contributed by atoms with Crippen molar-refractivity contribution in [3.05, 3.63) is 24.4 Å². The summed E-state index contributed by atoms with van der Waals surface area (Å²) in [5.74, 6) is 0. The van der Waals surface area contributed by atoms with E-state index in [9.17, 15) is 13.2 Å². The summed E-state index contributed by atoms with van der Waals surface area (Å²) in [6.45, 7) is 0. The normalized spacial score (nSPS) is 30.2. The fourth-order valence-electron chi connectivity index (χ4n) is 0.638. The molecule has 1 unspecified atom stereocenters. The van der Waals surface area contributed by atoms with Crippen LogP contribution in [0, 0.1) is 0 Å². The number of alkyl halides is 4. The molecule has 0 saturated carbocycles. The molecule has 0 saturated heterocycles. The van der Waals surface area contributed by atoms with E-state index >= 15 is 0 Å². The Hall–Kier alpha value is -0.640. The molecule has 1 nitrogen and oxygen atoms in total. The third kappa shape index (κ3) is 1.50. The van der Waals surface area contributed by atoms with E-state index < -0.39 is 11.2 Å². The molecule has 0 aromatic rings. The van der Waals surface area contributed by atoms with Gasteiger partial charge in [0.25, 0.3) is 0 Å². The maximum atomic E-state index is 12.0. The van der Waals surface area contributed by atoms with Crippen LogP contribution < -0.4 is 5.32 Å². The highest BCUT2D eigenvalue weighted by Crippen LogP contribution is 2.35. The van der Waals surface area contributed by atoms with Crippen molar-refractivity contribution >= 4 is 11.6 Å². The highest BCUT2D eigenvalue weighted by atomic mass is 35.5. The van der Waals surface area contributed by atoms with E-state index in [2.05, 4.69) is 0 Å². The van der Waals surface area contributed by atoms with Crippen molar-refractivity contribution in [3.8, 4) is 0 Å². The summed E-state index contributed by atoms with van der Waals surface area (Å²) < 4.78 is 36.1. The molecule has 11 heavy (non-hydrogen) atoms. The molecule has 1 aliphatic heterocycles. The van der Waals surface area contributed by atoms with Crippen LogP contribution in [-0.4, -0.2) is 11.2 Å². The van der Waals surface area contributed by atoms with E-state index in [1.165, 1.54) is 12.2 Å². The molecule has 1 aliphatic rings. The van der Waals surface area contributed by atoms with Gasteiger partial charge in [-0.25, -0.2) is 0 Å². The molecule has 1 heterocycles. The second kappa shape index (κ2) is 2.44. The van der Waals surface area contributed by atoms with E-state index in [1.807, 2.05) is 5.32 Å². The van der Waals surface area contributed by atoms with Gasteiger partial charge in [-0.15, -0.1) is 0 Å². The Labute approximate surface area is 66.5 Å². The van der Waals surface area contributed by atoms with E-state index in [0.717, 1.165) is 12.3 Å². The molecule has 0 amide bonds. The fourth-order valence-corrected chi connectivity index (χ4v) is 0.773. The molecule has 0 aliphatic carbocycles. The van der Waals surface area contributed by atoms with Crippen LogP contribution in [0.3, 0.4) is 0 Å². The first kappa shape index (κ1) is 8.46. The number of dihydropyridines is 1. The largest absolute Gasteiger partial charge is 0.429 e. The van der Waals surface area contributed by atoms with Gasteiger partial charge in [-0.3, -0.25) is 0 Å². The lowest BCUT2D eigenvalue weighted by Crippen LogP contribution is -2.49. The summed E-state index contributed by atoms with van der Waals surface area (Å²) in [7, 11) is 0. The summed E-state index contributed by atoms with van der Waals surface area (Å²) in [5, 5.41) is 2.01. The average Bonchev–Trinajstić information content (AvgIpc) is 1.87. The minimum Gasteiger partial charge on any atom is -0.362 e. The molecular formula is C6H5ClF3N. The van der Waals surface area contributed by atoms with Crippen LogP contribution >= 0.6 is 11.6 Å². The molecular weight excluding hydrogens is 179 g/mol.